The van der Waals surface area contributed by atoms with E-state index >= 15 is 0 Å². The van der Waals surface area contributed by atoms with Crippen LogP contribution >= 0.6 is 0 Å². The number of fused-ring (bicyclic) bond motifs is 1. The molecule has 7 heteroatoms. The van der Waals surface area contributed by atoms with Crippen LogP contribution in [0.3, 0.4) is 0 Å². The van der Waals surface area contributed by atoms with Crippen molar-refractivity contribution in [2.45, 2.75) is 26.9 Å². The SMILES string of the molecule is CCOCCn1c(=O)[nH]c2cc(C(=O)NCc3cccc(C)n3)ccc21. The van der Waals surface area contributed by atoms with E-state index in [1.165, 1.54) is 0 Å². The van der Waals surface area contributed by atoms with Gasteiger partial charge in [-0.25, -0.2) is 4.79 Å². The molecule has 26 heavy (non-hydrogen) atoms. The van der Waals surface area contributed by atoms with Crippen LogP contribution in [0.15, 0.2) is 41.2 Å². The maximum atomic E-state index is 12.4. The second kappa shape index (κ2) is 7.97. The number of hydrogen-bond acceptors (Lipinski definition) is 4. The summed E-state index contributed by atoms with van der Waals surface area (Å²) in [5, 5.41) is 2.85. The second-order valence-corrected chi connectivity index (χ2v) is 5.96. The Morgan fingerprint density at radius 3 is 2.92 bits per heavy atom. The molecule has 0 aliphatic carbocycles. The molecule has 3 rings (SSSR count). The van der Waals surface area contributed by atoms with Crippen molar-refractivity contribution in [1.29, 1.82) is 0 Å². The lowest BCUT2D eigenvalue weighted by molar-refractivity contribution is 0.0950. The number of benzene rings is 1. The van der Waals surface area contributed by atoms with Crippen LogP contribution in [0.1, 0.15) is 28.7 Å². The van der Waals surface area contributed by atoms with Gasteiger partial charge in [-0.2, -0.15) is 0 Å². The molecule has 0 aliphatic rings. The fourth-order valence-corrected chi connectivity index (χ4v) is 2.80. The molecule has 1 aromatic carbocycles. The topological polar surface area (TPSA) is 89.0 Å². The highest BCUT2D eigenvalue weighted by atomic mass is 16.5. The first-order valence-corrected chi connectivity index (χ1v) is 8.59. The fourth-order valence-electron chi connectivity index (χ4n) is 2.80. The van der Waals surface area contributed by atoms with E-state index < -0.39 is 0 Å². The van der Waals surface area contributed by atoms with Crippen LogP contribution in [-0.2, 0) is 17.8 Å². The number of rotatable bonds is 7. The lowest BCUT2D eigenvalue weighted by Gasteiger charge is -2.07. The highest BCUT2D eigenvalue weighted by Crippen LogP contribution is 2.13. The van der Waals surface area contributed by atoms with Gasteiger partial charge in [0.2, 0.25) is 0 Å². The molecule has 0 radical (unpaired) electrons. The molecule has 0 unspecified atom stereocenters. The summed E-state index contributed by atoms with van der Waals surface area (Å²) in [6.45, 7) is 5.72. The van der Waals surface area contributed by atoms with Gasteiger partial charge in [-0.1, -0.05) is 6.07 Å². The molecule has 0 atom stereocenters. The van der Waals surface area contributed by atoms with E-state index in [1.807, 2.05) is 32.0 Å². The molecule has 0 aliphatic heterocycles. The lowest BCUT2D eigenvalue weighted by atomic mass is 10.2. The van der Waals surface area contributed by atoms with E-state index in [0.717, 1.165) is 16.9 Å². The third-order valence-corrected chi connectivity index (χ3v) is 4.08. The predicted octanol–water partition coefficient (Wildman–Crippen LogP) is 2.00. The zero-order chi connectivity index (χ0) is 18.5. The van der Waals surface area contributed by atoms with Crippen molar-refractivity contribution in [3.05, 3.63) is 63.8 Å². The molecule has 0 fully saturated rings. The summed E-state index contributed by atoms with van der Waals surface area (Å²) >= 11 is 0. The Hall–Kier alpha value is -2.93. The number of nitrogens with one attached hydrogen (secondary N) is 2. The van der Waals surface area contributed by atoms with Crippen molar-refractivity contribution < 1.29 is 9.53 Å². The molecule has 0 bridgehead atoms. The van der Waals surface area contributed by atoms with Gasteiger partial charge in [-0.15, -0.1) is 0 Å². The first kappa shape index (κ1) is 17.9. The largest absolute Gasteiger partial charge is 0.380 e. The first-order valence-electron chi connectivity index (χ1n) is 8.59. The first-order chi connectivity index (χ1) is 12.6. The molecule has 0 saturated carbocycles. The van der Waals surface area contributed by atoms with Crippen molar-refractivity contribution >= 4 is 16.9 Å². The number of H-pyrrole nitrogens is 1. The number of amides is 1. The number of aryl methyl sites for hydroxylation is 1. The summed E-state index contributed by atoms with van der Waals surface area (Å²) in [6, 6.07) is 10.9. The van der Waals surface area contributed by atoms with Gasteiger partial charge in [0, 0.05) is 17.9 Å². The molecule has 2 N–H and O–H groups in total. The minimum atomic E-state index is -0.210. The average molecular weight is 354 g/mol. The third kappa shape index (κ3) is 4.00. The zero-order valence-electron chi connectivity index (χ0n) is 14.9. The summed E-state index contributed by atoms with van der Waals surface area (Å²) in [5.74, 6) is -0.210. The van der Waals surface area contributed by atoms with Crippen LogP contribution in [0, 0.1) is 6.92 Å². The molecule has 1 amide bonds. The minimum absolute atomic E-state index is 0.207. The molecule has 7 nitrogen and oxygen atoms in total. The average Bonchev–Trinajstić information content (AvgIpc) is 2.94. The van der Waals surface area contributed by atoms with Gasteiger partial charge in [0.05, 0.1) is 36.4 Å². The van der Waals surface area contributed by atoms with Crippen LogP contribution in [0.25, 0.3) is 11.0 Å². The Balaban J connectivity index is 1.74. The number of imidazole rings is 1. The van der Waals surface area contributed by atoms with Crippen LogP contribution in [-0.4, -0.2) is 33.7 Å². The molecule has 3 aromatic rings. The Bertz CT molecular complexity index is 974. The highest BCUT2D eigenvalue weighted by molar-refractivity contribution is 5.97. The van der Waals surface area contributed by atoms with Crippen molar-refractivity contribution in [3.63, 3.8) is 0 Å². The van der Waals surface area contributed by atoms with E-state index in [2.05, 4.69) is 15.3 Å². The number of aromatic amines is 1. The maximum Gasteiger partial charge on any atom is 0.326 e. The zero-order valence-corrected chi connectivity index (χ0v) is 14.9. The standard InChI is InChI=1S/C19H22N4O3/c1-3-26-10-9-23-17-8-7-14(11-16(17)22-19(23)25)18(24)20-12-15-6-4-5-13(2)21-15/h4-8,11H,3,9-10,12H2,1-2H3,(H,20,24)(H,22,25). The van der Waals surface area contributed by atoms with E-state index in [9.17, 15) is 9.59 Å². The summed E-state index contributed by atoms with van der Waals surface area (Å²) in [5.41, 5.74) is 3.38. The molecule has 2 aromatic heterocycles. The van der Waals surface area contributed by atoms with Gasteiger partial charge in [0.1, 0.15) is 0 Å². The number of carbonyl (C=O) groups excluding carboxylic acids is 1. The summed E-state index contributed by atoms with van der Waals surface area (Å²) in [7, 11) is 0. The highest BCUT2D eigenvalue weighted by Gasteiger charge is 2.11. The predicted molar refractivity (Wildman–Crippen MR) is 99.2 cm³/mol. The summed E-state index contributed by atoms with van der Waals surface area (Å²) < 4.78 is 6.93. The van der Waals surface area contributed by atoms with Crippen LogP contribution in [0.2, 0.25) is 0 Å². The normalized spacial score (nSPS) is 11.0. The Labute approximate surface area is 151 Å². The third-order valence-electron chi connectivity index (χ3n) is 4.08. The number of ether oxygens (including phenoxy) is 1. The van der Waals surface area contributed by atoms with Gasteiger partial charge < -0.3 is 15.0 Å². The number of carbonyl (C=O) groups is 1. The number of nitrogens with zero attached hydrogens (tertiary/aromatic N) is 2. The molecular formula is C19H22N4O3. The maximum absolute atomic E-state index is 12.4. The van der Waals surface area contributed by atoms with Gasteiger partial charge in [0.25, 0.3) is 5.91 Å². The summed E-state index contributed by atoms with van der Waals surface area (Å²) in [6.07, 6.45) is 0. The lowest BCUT2D eigenvalue weighted by Crippen LogP contribution is -2.23. The Morgan fingerprint density at radius 1 is 1.31 bits per heavy atom. The van der Waals surface area contributed by atoms with Crippen LogP contribution < -0.4 is 11.0 Å². The molecule has 0 spiro atoms. The van der Waals surface area contributed by atoms with Crippen molar-refractivity contribution in [2.24, 2.45) is 0 Å². The van der Waals surface area contributed by atoms with Crippen LogP contribution in [0.4, 0.5) is 0 Å². The number of hydrogen-bond donors (Lipinski definition) is 2. The monoisotopic (exact) mass is 354 g/mol. The van der Waals surface area contributed by atoms with Crippen LogP contribution in [0.5, 0.6) is 0 Å². The quantitative estimate of drug-likeness (QED) is 0.635. The van der Waals surface area contributed by atoms with E-state index in [4.69, 9.17) is 4.74 Å². The number of pyridine rings is 1. The molecule has 2 heterocycles. The van der Waals surface area contributed by atoms with Gasteiger partial charge in [0.15, 0.2) is 0 Å². The van der Waals surface area contributed by atoms with E-state index in [0.29, 0.717) is 37.4 Å². The van der Waals surface area contributed by atoms with E-state index in [-0.39, 0.29) is 11.6 Å². The van der Waals surface area contributed by atoms with Crippen molar-refractivity contribution in [2.75, 3.05) is 13.2 Å². The fraction of sp³-hybridized carbons (Fsp3) is 0.316. The molecular weight excluding hydrogens is 332 g/mol. The Morgan fingerprint density at radius 2 is 2.15 bits per heavy atom. The molecule has 136 valence electrons. The van der Waals surface area contributed by atoms with Crippen molar-refractivity contribution in [1.82, 2.24) is 19.9 Å². The smallest absolute Gasteiger partial charge is 0.326 e. The molecule has 0 saturated heterocycles. The Kier molecular flexibility index (Phi) is 5.48. The van der Waals surface area contributed by atoms with Gasteiger partial charge >= 0.3 is 5.69 Å². The van der Waals surface area contributed by atoms with Gasteiger partial charge in [-0.3, -0.25) is 14.3 Å². The van der Waals surface area contributed by atoms with E-state index in [1.54, 1.807) is 22.8 Å². The second-order valence-electron chi connectivity index (χ2n) is 5.96. The van der Waals surface area contributed by atoms with Gasteiger partial charge in [-0.05, 0) is 44.2 Å². The number of aromatic nitrogens is 3. The minimum Gasteiger partial charge on any atom is -0.380 e. The van der Waals surface area contributed by atoms with Crippen molar-refractivity contribution in [3.8, 4) is 0 Å². The summed E-state index contributed by atoms with van der Waals surface area (Å²) in [4.78, 5) is 31.6.